The summed E-state index contributed by atoms with van der Waals surface area (Å²) < 4.78 is 4.04. The van der Waals surface area contributed by atoms with Gasteiger partial charge in [0, 0.05) is 30.2 Å². The maximum Gasteiger partial charge on any atom is 0.378 e. The van der Waals surface area contributed by atoms with E-state index in [0.717, 1.165) is 36.1 Å². The van der Waals surface area contributed by atoms with E-state index < -0.39 is 0 Å². The lowest BCUT2D eigenvalue weighted by Gasteiger charge is -2.21. The fraction of sp³-hybridized carbons (Fsp3) is 0.286. The predicted molar refractivity (Wildman–Crippen MR) is 114 cm³/mol. The standard InChI is InChI=1S/C21H28N6/c1-5-27(6-2)20-13-11-18(12-14-20)22-17-7-9-19(10-8-17)23-24-21-25(3)15-16-26(21)4/h7-16,22-23H,5-6H2,1-4H3/p+1. The molecule has 0 aliphatic heterocycles. The average Bonchev–Trinajstić information content (AvgIpc) is 3.01. The molecule has 3 N–H and O–H groups in total. The van der Waals surface area contributed by atoms with Crippen LogP contribution in [0.2, 0.25) is 0 Å². The lowest BCUT2D eigenvalue weighted by molar-refractivity contribution is -0.656. The van der Waals surface area contributed by atoms with E-state index in [9.17, 15) is 0 Å². The van der Waals surface area contributed by atoms with Crippen molar-refractivity contribution in [1.82, 2.24) is 4.57 Å². The van der Waals surface area contributed by atoms with Crippen molar-refractivity contribution in [2.75, 3.05) is 34.2 Å². The van der Waals surface area contributed by atoms with Crippen molar-refractivity contribution in [3.05, 3.63) is 60.9 Å². The van der Waals surface area contributed by atoms with Gasteiger partial charge in [0.05, 0.1) is 32.2 Å². The zero-order valence-electron chi connectivity index (χ0n) is 16.5. The maximum atomic E-state index is 3.45. The molecule has 3 rings (SSSR count). The SMILES string of the molecule is CCN(CC)c1ccc(Nc2ccc(NNc3n(C)cc[n+]3C)cc2)cc1. The van der Waals surface area contributed by atoms with E-state index in [1.807, 2.05) is 47.8 Å². The summed E-state index contributed by atoms with van der Waals surface area (Å²) in [6.07, 6.45) is 4.01. The second-order valence-corrected chi connectivity index (χ2v) is 6.52. The first-order valence-corrected chi connectivity index (χ1v) is 9.35. The molecule has 3 aromatic rings. The number of nitrogens with one attached hydrogen (secondary N) is 3. The number of hydrogen-bond donors (Lipinski definition) is 3. The number of anilines is 5. The van der Waals surface area contributed by atoms with Crippen LogP contribution in [0.4, 0.5) is 28.7 Å². The Labute approximate surface area is 161 Å². The van der Waals surface area contributed by atoms with Crippen LogP contribution in [0.1, 0.15) is 13.8 Å². The highest BCUT2D eigenvalue weighted by atomic mass is 15.4. The first-order chi connectivity index (χ1) is 13.1. The highest BCUT2D eigenvalue weighted by molar-refractivity contribution is 5.65. The van der Waals surface area contributed by atoms with Gasteiger partial charge in [0.15, 0.2) is 0 Å². The Balaban J connectivity index is 1.59. The summed E-state index contributed by atoms with van der Waals surface area (Å²) in [6.45, 7) is 6.40. The number of aromatic nitrogens is 2. The Hall–Kier alpha value is -3.15. The molecule has 6 heteroatoms. The van der Waals surface area contributed by atoms with Crippen LogP contribution in [0.3, 0.4) is 0 Å². The van der Waals surface area contributed by atoms with Gasteiger partial charge in [-0.15, -0.1) is 0 Å². The number of rotatable bonds is 8. The average molecular weight is 366 g/mol. The third-order valence-electron chi connectivity index (χ3n) is 4.67. The van der Waals surface area contributed by atoms with Gasteiger partial charge in [-0.2, -0.15) is 5.43 Å². The smallest absolute Gasteiger partial charge is 0.372 e. The number of hydrogen-bond acceptors (Lipinski definition) is 4. The predicted octanol–water partition coefficient (Wildman–Crippen LogP) is 3.88. The van der Waals surface area contributed by atoms with E-state index >= 15 is 0 Å². The monoisotopic (exact) mass is 365 g/mol. The van der Waals surface area contributed by atoms with E-state index in [1.54, 1.807) is 0 Å². The molecular weight excluding hydrogens is 336 g/mol. The molecule has 0 saturated heterocycles. The van der Waals surface area contributed by atoms with Gasteiger partial charge in [-0.05, 0) is 62.4 Å². The van der Waals surface area contributed by atoms with Crippen LogP contribution in [0, 0.1) is 0 Å². The number of benzene rings is 2. The summed E-state index contributed by atoms with van der Waals surface area (Å²) in [5, 5.41) is 3.45. The molecule has 1 aromatic heterocycles. The van der Waals surface area contributed by atoms with Gasteiger partial charge >= 0.3 is 5.95 Å². The second-order valence-electron chi connectivity index (χ2n) is 6.52. The number of aryl methyl sites for hydroxylation is 2. The summed E-state index contributed by atoms with van der Waals surface area (Å²) >= 11 is 0. The molecule has 0 spiro atoms. The lowest BCUT2D eigenvalue weighted by Crippen LogP contribution is -2.32. The first kappa shape index (κ1) is 18.6. The van der Waals surface area contributed by atoms with Gasteiger partial charge in [-0.1, -0.05) is 0 Å². The van der Waals surface area contributed by atoms with E-state index in [1.165, 1.54) is 5.69 Å². The molecule has 6 nitrogen and oxygen atoms in total. The minimum atomic E-state index is 0.977. The topological polar surface area (TPSA) is 48.1 Å². The summed E-state index contributed by atoms with van der Waals surface area (Å²) in [6, 6.07) is 16.8. The van der Waals surface area contributed by atoms with Gasteiger partial charge < -0.3 is 10.2 Å². The van der Waals surface area contributed by atoms with Crippen molar-refractivity contribution >= 4 is 28.7 Å². The molecule has 0 bridgehead atoms. The summed E-state index contributed by atoms with van der Waals surface area (Å²) in [5.74, 6) is 0.977. The quantitative estimate of drug-likeness (QED) is 0.419. The third-order valence-corrected chi connectivity index (χ3v) is 4.67. The van der Waals surface area contributed by atoms with Gasteiger partial charge in [0.2, 0.25) is 0 Å². The molecule has 0 aliphatic rings. The minimum absolute atomic E-state index is 0.977. The number of imidazole rings is 1. The van der Waals surface area contributed by atoms with Gasteiger partial charge in [-0.25, -0.2) is 9.13 Å². The Bertz CT molecular complexity index is 828. The molecule has 0 radical (unpaired) electrons. The van der Waals surface area contributed by atoms with Crippen LogP contribution in [0.25, 0.3) is 0 Å². The van der Waals surface area contributed by atoms with Crippen LogP contribution in [0.5, 0.6) is 0 Å². The van der Waals surface area contributed by atoms with E-state index in [0.29, 0.717) is 0 Å². The molecule has 0 unspecified atom stereocenters. The fourth-order valence-corrected chi connectivity index (χ4v) is 3.04. The molecule has 0 fully saturated rings. The zero-order valence-corrected chi connectivity index (χ0v) is 16.5. The normalized spacial score (nSPS) is 10.5. The van der Waals surface area contributed by atoms with Crippen LogP contribution >= 0.6 is 0 Å². The Kier molecular flexibility index (Phi) is 5.86. The summed E-state index contributed by atoms with van der Waals surface area (Å²) in [7, 11) is 4.01. The Morgan fingerprint density at radius 3 is 1.93 bits per heavy atom. The molecular formula is C21H29N6+. The molecule has 0 amide bonds. The Morgan fingerprint density at radius 2 is 1.41 bits per heavy atom. The van der Waals surface area contributed by atoms with Crippen molar-refractivity contribution in [2.45, 2.75) is 13.8 Å². The second kappa shape index (κ2) is 8.49. The fourth-order valence-electron chi connectivity index (χ4n) is 3.04. The summed E-state index contributed by atoms with van der Waals surface area (Å²) in [5.41, 5.74) is 10.8. The third kappa shape index (κ3) is 4.53. The molecule has 142 valence electrons. The van der Waals surface area contributed by atoms with Crippen LogP contribution in [-0.4, -0.2) is 17.7 Å². The highest BCUT2D eigenvalue weighted by Crippen LogP contribution is 2.22. The molecule has 0 saturated carbocycles. The van der Waals surface area contributed by atoms with Crippen molar-refractivity contribution < 1.29 is 4.57 Å². The molecule has 0 aliphatic carbocycles. The van der Waals surface area contributed by atoms with Gasteiger partial charge in [-0.3, -0.25) is 5.43 Å². The highest BCUT2D eigenvalue weighted by Gasteiger charge is 2.09. The van der Waals surface area contributed by atoms with Gasteiger partial charge in [0.25, 0.3) is 0 Å². The zero-order chi connectivity index (χ0) is 19.2. The van der Waals surface area contributed by atoms with Crippen molar-refractivity contribution in [3.8, 4) is 0 Å². The van der Waals surface area contributed by atoms with Crippen LogP contribution in [-0.2, 0) is 14.1 Å². The largest absolute Gasteiger partial charge is 0.378 e. The Morgan fingerprint density at radius 1 is 0.852 bits per heavy atom. The first-order valence-electron chi connectivity index (χ1n) is 9.35. The van der Waals surface area contributed by atoms with Crippen molar-refractivity contribution in [3.63, 3.8) is 0 Å². The molecule has 0 atom stereocenters. The molecule has 2 aromatic carbocycles. The molecule has 27 heavy (non-hydrogen) atoms. The van der Waals surface area contributed by atoms with E-state index in [4.69, 9.17) is 0 Å². The number of hydrazine groups is 1. The van der Waals surface area contributed by atoms with Gasteiger partial charge in [0.1, 0.15) is 0 Å². The van der Waals surface area contributed by atoms with Crippen LogP contribution < -0.4 is 25.6 Å². The van der Waals surface area contributed by atoms with Crippen LogP contribution in [0.15, 0.2) is 60.9 Å². The minimum Gasteiger partial charge on any atom is -0.372 e. The lowest BCUT2D eigenvalue weighted by atomic mass is 10.2. The van der Waals surface area contributed by atoms with Crippen molar-refractivity contribution in [2.24, 2.45) is 14.1 Å². The van der Waals surface area contributed by atoms with Crippen molar-refractivity contribution in [1.29, 1.82) is 0 Å². The molecule has 1 heterocycles. The summed E-state index contributed by atoms with van der Waals surface area (Å²) in [4.78, 5) is 2.34. The van der Waals surface area contributed by atoms with E-state index in [-0.39, 0.29) is 0 Å². The number of nitrogens with zero attached hydrogens (tertiary/aromatic N) is 3. The maximum absolute atomic E-state index is 3.45. The van der Waals surface area contributed by atoms with E-state index in [2.05, 4.69) is 71.3 Å².